The molecule has 0 aliphatic heterocycles. The Kier molecular flexibility index (Phi) is 3.19. The molecule has 0 spiro atoms. The van der Waals surface area contributed by atoms with Gasteiger partial charge in [-0.2, -0.15) is 5.10 Å². The second-order valence-electron chi connectivity index (χ2n) is 4.37. The Morgan fingerprint density at radius 1 is 1.11 bits per heavy atom. The van der Waals surface area contributed by atoms with Crippen LogP contribution in [-0.4, -0.2) is 14.6 Å². The van der Waals surface area contributed by atoms with Crippen LogP contribution in [0.5, 0.6) is 0 Å². The monoisotopic (exact) mass is 272 g/mol. The number of hydrogen-bond donors (Lipinski definition) is 1. The summed E-state index contributed by atoms with van der Waals surface area (Å²) in [5.41, 5.74) is 8.63. The summed E-state index contributed by atoms with van der Waals surface area (Å²) < 4.78 is 1.77. The average molecular weight is 273 g/mol. The number of nitrogens with zero attached hydrogens (tertiary/aromatic N) is 3. The molecule has 1 aromatic carbocycles. The minimum Gasteiger partial charge on any atom is -0.326 e. The number of nitrogens with two attached hydrogens (primary N) is 1. The number of pyridine rings is 1. The van der Waals surface area contributed by atoms with Crippen molar-refractivity contribution in [2.45, 2.75) is 13.0 Å². The molecule has 0 saturated heterocycles. The predicted molar refractivity (Wildman–Crippen MR) is 75.1 cm³/mol. The highest BCUT2D eigenvalue weighted by Gasteiger charge is 2.05. The normalized spacial score (nSPS) is 11.1. The van der Waals surface area contributed by atoms with Gasteiger partial charge in [0.1, 0.15) is 0 Å². The van der Waals surface area contributed by atoms with Crippen LogP contribution in [0, 0.1) is 0 Å². The molecule has 96 valence electrons. The van der Waals surface area contributed by atoms with Crippen LogP contribution in [0.25, 0.3) is 5.65 Å². The van der Waals surface area contributed by atoms with Gasteiger partial charge in [-0.1, -0.05) is 23.7 Å². The van der Waals surface area contributed by atoms with Crippen molar-refractivity contribution >= 4 is 17.2 Å². The zero-order chi connectivity index (χ0) is 13.2. The lowest BCUT2D eigenvalue weighted by atomic mass is 10.1. The van der Waals surface area contributed by atoms with E-state index in [9.17, 15) is 0 Å². The van der Waals surface area contributed by atoms with Gasteiger partial charge in [-0.25, -0.2) is 9.50 Å². The molecule has 3 aromatic rings. The third-order valence-electron chi connectivity index (χ3n) is 2.96. The molecule has 0 radical (unpaired) electrons. The van der Waals surface area contributed by atoms with Gasteiger partial charge in [-0.3, -0.25) is 0 Å². The molecule has 0 amide bonds. The summed E-state index contributed by atoms with van der Waals surface area (Å²) in [6.45, 7) is 0.510. The van der Waals surface area contributed by atoms with Crippen LogP contribution < -0.4 is 5.73 Å². The number of benzene rings is 1. The first-order valence-electron chi connectivity index (χ1n) is 6.03. The molecule has 0 saturated carbocycles. The lowest BCUT2D eigenvalue weighted by molar-refractivity contribution is 0.895. The molecule has 0 aliphatic rings. The maximum absolute atomic E-state index is 5.87. The van der Waals surface area contributed by atoms with Gasteiger partial charge in [0.25, 0.3) is 0 Å². The molecular weight excluding hydrogens is 260 g/mol. The van der Waals surface area contributed by atoms with E-state index >= 15 is 0 Å². The van der Waals surface area contributed by atoms with Gasteiger partial charge >= 0.3 is 0 Å². The first-order chi connectivity index (χ1) is 9.24. The van der Waals surface area contributed by atoms with Gasteiger partial charge in [0.05, 0.1) is 0 Å². The van der Waals surface area contributed by atoms with Crippen molar-refractivity contribution in [3.8, 4) is 0 Å². The molecular formula is C14H13ClN4. The molecule has 0 bridgehead atoms. The second-order valence-corrected chi connectivity index (χ2v) is 4.81. The van der Waals surface area contributed by atoms with Crippen molar-refractivity contribution in [2.24, 2.45) is 5.73 Å². The number of hydrogen-bond acceptors (Lipinski definition) is 3. The van der Waals surface area contributed by atoms with E-state index in [1.165, 1.54) is 0 Å². The largest absolute Gasteiger partial charge is 0.326 e. The standard InChI is InChI=1S/C14H13ClN4/c15-12-3-1-10(2-4-12)7-13-17-14-8-11(9-16)5-6-19(14)18-13/h1-6,8H,7,9,16H2. The first kappa shape index (κ1) is 12.1. The van der Waals surface area contributed by atoms with Crippen molar-refractivity contribution in [3.63, 3.8) is 0 Å². The highest BCUT2D eigenvalue weighted by Crippen LogP contribution is 2.13. The van der Waals surface area contributed by atoms with Gasteiger partial charge < -0.3 is 5.73 Å². The topological polar surface area (TPSA) is 56.2 Å². The first-order valence-corrected chi connectivity index (χ1v) is 6.41. The minimum atomic E-state index is 0.510. The Balaban J connectivity index is 1.90. The van der Waals surface area contributed by atoms with E-state index in [1.807, 2.05) is 42.6 Å². The van der Waals surface area contributed by atoms with E-state index in [-0.39, 0.29) is 0 Å². The van der Waals surface area contributed by atoms with E-state index in [4.69, 9.17) is 17.3 Å². The van der Waals surface area contributed by atoms with E-state index < -0.39 is 0 Å². The fourth-order valence-corrected chi connectivity index (χ4v) is 2.08. The molecule has 0 atom stereocenters. The number of fused-ring (bicyclic) bond motifs is 1. The Morgan fingerprint density at radius 3 is 2.63 bits per heavy atom. The van der Waals surface area contributed by atoms with Gasteiger partial charge in [0, 0.05) is 24.2 Å². The summed E-state index contributed by atoms with van der Waals surface area (Å²) in [4.78, 5) is 4.50. The maximum atomic E-state index is 5.87. The van der Waals surface area contributed by atoms with Crippen LogP contribution in [0.3, 0.4) is 0 Å². The predicted octanol–water partition coefficient (Wildman–Crippen LogP) is 2.43. The van der Waals surface area contributed by atoms with Gasteiger partial charge in [0.15, 0.2) is 11.5 Å². The Morgan fingerprint density at radius 2 is 1.89 bits per heavy atom. The summed E-state index contributed by atoms with van der Waals surface area (Å²) in [5, 5.41) is 5.17. The van der Waals surface area contributed by atoms with Crippen LogP contribution in [-0.2, 0) is 13.0 Å². The third-order valence-corrected chi connectivity index (χ3v) is 3.21. The molecule has 3 rings (SSSR count). The van der Waals surface area contributed by atoms with Crippen LogP contribution >= 0.6 is 11.6 Å². The summed E-state index contributed by atoms with van der Waals surface area (Å²) in [6.07, 6.45) is 2.58. The second kappa shape index (κ2) is 4.99. The number of rotatable bonds is 3. The third kappa shape index (κ3) is 2.59. The van der Waals surface area contributed by atoms with E-state index in [2.05, 4.69) is 10.1 Å². The van der Waals surface area contributed by atoms with E-state index in [1.54, 1.807) is 4.52 Å². The van der Waals surface area contributed by atoms with Crippen molar-refractivity contribution in [2.75, 3.05) is 0 Å². The summed E-state index contributed by atoms with van der Waals surface area (Å²) in [5.74, 6) is 0.788. The van der Waals surface area contributed by atoms with Crippen LogP contribution in [0.15, 0.2) is 42.6 Å². The summed E-state index contributed by atoms with van der Waals surface area (Å²) in [7, 11) is 0. The molecule has 2 heterocycles. The fourth-order valence-electron chi connectivity index (χ4n) is 1.96. The molecule has 19 heavy (non-hydrogen) atoms. The smallest absolute Gasteiger partial charge is 0.156 e. The van der Waals surface area contributed by atoms with Crippen LogP contribution in [0.2, 0.25) is 5.02 Å². The molecule has 0 unspecified atom stereocenters. The number of halogens is 1. The van der Waals surface area contributed by atoms with E-state index in [0.29, 0.717) is 13.0 Å². The zero-order valence-corrected chi connectivity index (χ0v) is 11.0. The SMILES string of the molecule is NCc1ccn2nc(Cc3ccc(Cl)cc3)nc2c1. The average Bonchev–Trinajstić information content (AvgIpc) is 2.82. The highest BCUT2D eigenvalue weighted by molar-refractivity contribution is 6.30. The van der Waals surface area contributed by atoms with Crippen molar-refractivity contribution < 1.29 is 0 Å². The van der Waals surface area contributed by atoms with Crippen molar-refractivity contribution in [3.05, 3.63) is 64.6 Å². The van der Waals surface area contributed by atoms with Gasteiger partial charge in [-0.05, 0) is 35.4 Å². The molecule has 2 N–H and O–H groups in total. The molecule has 0 fully saturated rings. The lowest BCUT2D eigenvalue weighted by Crippen LogP contribution is -1.97. The number of aromatic nitrogens is 3. The Bertz CT molecular complexity index is 703. The quantitative estimate of drug-likeness (QED) is 0.797. The van der Waals surface area contributed by atoms with Crippen LogP contribution in [0.4, 0.5) is 0 Å². The maximum Gasteiger partial charge on any atom is 0.156 e. The van der Waals surface area contributed by atoms with Crippen molar-refractivity contribution in [1.29, 1.82) is 0 Å². The fraction of sp³-hybridized carbons (Fsp3) is 0.143. The Labute approximate surface area is 115 Å². The van der Waals surface area contributed by atoms with Crippen LogP contribution in [0.1, 0.15) is 17.0 Å². The highest BCUT2D eigenvalue weighted by atomic mass is 35.5. The van der Waals surface area contributed by atoms with Crippen molar-refractivity contribution in [1.82, 2.24) is 14.6 Å². The summed E-state index contributed by atoms with van der Waals surface area (Å²) >= 11 is 5.87. The minimum absolute atomic E-state index is 0.510. The summed E-state index contributed by atoms with van der Waals surface area (Å²) in [6, 6.07) is 11.6. The Hall–Kier alpha value is -1.91. The van der Waals surface area contributed by atoms with Gasteiger partial charge in [-0.15, -0.1) is 0 Å². The molecule has 4 nitrogen and oxygen atoms in total. The molecule has 2 aromatic heterocycles. The van der Waals surface area contributed by atoms with E-state index in [0.717, 1.165) is 27.6 Å². The van der Waals surface area contributed by atoms with Gasteiger partial charge in [0.2, 0.25) is 0 Å². The zero-order valence-electron chi connectivity index (χ0n) is 10.3. The molecule has 5 heteroatoms. The lowest BCUT2D eigenvalue weighted by Gasteiger charge is -1.96. The molecule has 0 aliphatic carbocycles.